The summed E-state index contributed by atoms with van der Waals surface area (Å²) < 4.78 is 7.76. The van der Waals surface area contributed by atoms with Crippen LogP contribution in [0.5, 0.6) is 0 Å². The van der Waals surface area contributed by atoms with Crippen LogP contribution in [0.1, 0.15) is 46.6 Å². The van der Waals surface area contributed by atoms with E-state index in [4.69, 9.17) is 4.74 Å². The van der Waals surface area contributed by atoms with Gasteiger partial charge in [-0.1, -0.05) is 20.4 Å². The maximum Gasteiger partial charge on any atom is 0.269 e. The van der Waals surface area contributed by atoms with Crippen molar-refractivity contribution in [3.05, 3.63) is 70.3 Å². The molecular formula is C23H33N4O3+. The number of nitrogens with one attached hydrogen (secondary N) is 1. The number of ether oxygens (including phenoxy) is 1. The van der Waals surface area contributed by atoms with Crippen molar-refractivity contribution >= 4 is 23.3 Å². The van der Waals surface area contributed by atoms with Crippen LogP contribution in [0.2, 0.25) is 0 Å². The molecule has 1 aromatic rings. The van der Waals surface area contributed by atoms with Crippen molar-refractivity contribution in [3.8, 4) is 0 Å². The second-order valence-corrected chi connectivity index (χ2v) is 6.68. The molecule has 0 atom stereocenters. The van der Waals surface area contributed by atoms with Crippen molar-refractivity contribution in [2.45, 2.75) is 47.1 Å². The average molecular weight is 414 g/mol. The van der Waals surface area contributed by atoms with E-state index in [0.29, 0.717) is 11.7 Å². The van der Waals surface area contributed by atoms with Gasteiger partial charge >= 0.3 is 0 Å². The van der Waals surface area contributed by atoms with Crippen molar-refractivity contribution in [3.63, 3.8) is 0 Å². The van der Waals surface area contributed by atoms with E-state index in [1.165, 1.54) is 12.1 Å². The fourth-order valence-corrected chi connectivity index (χ4v) is 2.73. The predicted molar refractivity (Wildman–Crippen MR) is 124 cm³/mol. The summed E-state index contributed by atoms with van der Waals surface area (Å²) in [6, 6.07) is 6.54. The average Bonchev–Trinajstić information content (AvgIpc) is 2.74. The summed E-state index contributed by atoms with van der Waals surface area (Å²) in [7, 11) is 2.00. The summed E-state index contributed by atoms with van der Waals surface area (Å²) in [5.74, 6) is 1.10. The highest BCUT2D eigenvalue weighted by Gasteiger charge is 2.19. The van der Waals surface area contributed by atoms with Crippen LogP contribution in [-0.4, -0.2) is 41.2 Å². The van der Waals surface area contributed by atoms with E-state index >= 15 is 0 Å². The number of benzene rings is 1. The Morgan fingerprint density at radius 2 is 1.97 bits per heavy atom. The summed E-state index contributed by atoms with van der Waals surface area (Å²) in [6.45, 7) is 14.5. The molecule has 1 N–H and O–H groups in total. The Bertz CT molecular complexity index is 863. The van der Waals surface area contributed by atoms with Crippen LogP contribution >= 0.6 is 0 Å². The Morgan fingerprint density at radius 3 is 2.47 bits per heavy atom. The summed E-state index contributed by atoms with van der Waals surface area (Å²) in [6.07, 6.45) is 6.27. The maximum atomic E-state index is 10.9. The highest BCUT2D eigenvalue weighted by atomic mass is 16.6. The van der Waals surface area contributed by atoms with E-state index in [1.54, 1.807) is 24.3 Å². The second-order valence-electron chi connectivity index (χ2n) is 6.68. The van der Waals surface area contributed by atoms with Gasteiger partial charge in [0.2, 0.25) is 5.88 Å². The Morgan fingerprint density at radius 1 is 1.33 bits per heavy atom. The van der Waals surface area contributed by atoms with E-state index in [0.717, 1.165) is 29.8 Å². The number of nitro benzene ring substituents is 1. The fraction of sp³-hybridized carbons (Fsp3) is 0.391. The summed E-state index contributed by atoms with van der Waals surface area (Å²) >= 11 is 0. The first kappa shape index (κ1) is 24.8. The van der Waals surface area contributed by atoms with Crippen molar-refractivity contribution in [1.82, 2.24) is 5.32 Å². The number of nitro groups is 1. The van der Waals surface area contributed by atoms with Gasteiger partial charge in [-0.2, -0.15) is 4.99 Å². The Hall–Kier alpha value is -3.22. The van der Waals surface area contributed by atoms with Gasteiger partial charge in [-0.25, -0.2) is 4.58 Å². The van der Waals surface area contributed by atoms with Gasteiger partial charge in [-0.15, -0.1) is 0 Å². The van der Waals surface area contributed by atoms with Crippen LogP contribution < -0.4 is 5.32 Å². The topological polar surface area (TPSA) is 79.8 Å². The maximum absolute atomic E-state index is 10.9. The molecule has 0 amide bonds. The lowest BCUT2D eigenvalue weighted by Gasteiger charge is -2.18. The van der Waals surface area contributed by atoms with E-state index in [-0.39, 0.29) is 11.8 Å². The third kappa shape index (κ3) is 7.31. The number of amidine groups is 1. The van der Waals surface area contributed by atoms with Gasteiger partial charge in [-0.3, -0.25) is 10.1 Å². The largest absolute Gasteiger partial charge is 0.475 e. The smallest absolute Gasteiger partial charge is 0.269 e. The zero-order valence-electron chi connectivity index (χ0n) is 18.8. The molecule has 1 aromatic carbocycles. The highest BCUT2D eigenvalue weighted by Crippen LogP contribution is 2.23. The quantitative estimate of drug-likeness (QED) is 0.172. The first-order chi connectivity index (χ1) is 14.3. The molecule has 162 valence electrons. The van der Waals surface area contributed by atoms with Gasteiger partial charge < -0.3 is 10.1 Å². The lowest BCUT2D eigenvalue weighted by Crippen LogP contribution is -2.28. The summed E-state index contributed by atoms with van der Waals surface area (Å²) in [5.41, 5.74) is 2.91. The molecule has 0 saturated heterocycles. The van der Waals surface area contributed by atoms with Gasteiger partial charge in [-0.05, 0) is 50.6 Å². The van der Waals surface area contributed by atoms with Crippen LogP contribution in [0, 0.1) is 10.1 Å². The first-order valence-corrected chi connectivity index (χ1v) is 10.2. The second kappa shape index (κ2) is 12.4. The molecule has 7 heteroatoms. The molecule has 1 aliphatic heterocycles. The van der Waals surface area contributed by atoms with Crippen LogP contribution in [0.3, 0.4) is 0 Å². The predicted octanol–water partition coefficient (Wildman–Crippen LogP) is 4.91. The third-order valence-electron chi connectivity index (χ3n) is 4.08. The summed E-state index contributed by atoms with van der Waals surface area (Å²) in [5, 5.41) is 14.3. The Labute approximate surface area is 179 Å². The minimum atomic E-state index is -0.399. The molecule has 2 rings (SSSR count). The standard InChI is InChI=1S/C21H26N4O3.C2H6/c1-6-20(23-21(7-2)28-15(3)4)22-19-12-13-24(5)14-18(19)16-8-10-17(11-9-16)25(26)27;1-2/h6-11,14-15H,1,12-13H2,2-5H3;1-2H3/p+1/b21-7+,23-20+;. The number of rotatable bonds is 7. The first-order valence-electron chi connectivity index (χ1n) is 10.2. The minimum absolute atomic E-state index is 0.0209. The zero-order valence-corrected chi connectivity index (χ0v) is 18.8. The number of non-ortho nitro benzene ring substituents is 1. The van der Waals surface area contributed by atoms with E-state index in [2.05, 4.69) is 21.5 Å². The third-order valence-corrected chi connectivity index (χ3v) is 4.08. The van der Waals surface area contributed by atoms with Crippen molar-refractivity contribution in [2.24, 2.45) is 4.99 Å². The van der Waals surface area contributed by atoms with E-state index in [9.17, 15) is 10.1 Å². The number of hydrogen-bond acceptors (Lipinski definition) is 4. The van der Waals surface area contributed by atoms with Crippen LogP contribution in [0.25, 0.3) is 5.57 Å². The lowest BCUT2D eigenvalue weighted by molar-refractivity contribution is -0.491. The van der Waals surface area contributed by atoms with Crippen molar-refractivity contribution in [1.29, 1.82) is 0 Å². The number of aliphatic imine (C=N–C) groups is 1. The van der Waals surface area contributed by atoms with Gasteiger partial charge in [0, 0.05) is 24.3 Å². The molecule has 0 aromatic heterocycles. The molecule has 0 radical (unpaired) electrons. The van der Waals surface area contributed by atoms with Crippen LogP contribution in [0.15, 0.2) is 59.6 Å². The molecule has 0 unspecified atom stereocenters. The molecule has 0 fully saturated rings. The SMILES string of the molecule is C=C/C(=N\C(=C/C)OC(C)C)NC1=C(c2ccc([N+](=O)[O-])cc2)C=[N+](C)CC1.CC. The zero-order chi connectivity index (χ0) is 22.7. The van der Waals surface area contributed by atoms with Gasteiger partial charge in [0.25, 0.3) is 5.69 Å². The number of hydrogen-bond donors (Lipinski definition) is 1. The van der Waals surface area contributed by atoms with Crippen LogP contribution in [-0.2, 0) is 4.74 Å². The normalized spacial score (nSPS) is 14.6. The molecular weight excluding hydrogens is 380 g/mol. The van der Waals surface area contributed by atoms with Gasteiger partial charge in [0.05, 0.1) is 16.6 Å². The number of allylic oxidation sites excluding steroid dienone is 2. The molecule has 0 aliphatic carbocycles. The molecule has 30 heavy (non-hydrogen) atoms. The highest BCUT2D eigenvalue weighted by molar-refractivity contribution is 6.10. The van der Waals surface area contributed by atoms with E-state index in [1.807, 2.05) is 47.9 Å². The number of nitrogens with zero attached hydrogens (tertiary/aromatic N) is 3. The molecule has 1 aliphatic rings. The Balaban J connectivity index is 0.00000218. The molecule has 7 nitrogen and oxygen atoms in total. The van der Waals surface area contributed by atoms with Crippen molar-refractivity contribution in [2.75, 3.05) is 13.6 Å². The Kier molecular flexibility index (Phi) is 10.2. The molecule has 1 heterocycles. The molecule has 0 bridgehead atoms. The van der Waals surface area contributed by atoms with Gasteiger partial charge in [0.15, 0.2) is 6.21 Å². The summed E-state index contributed by atoms with van der Waals surface area (Å²) in [4.78, 5) is 15.0. The van der Waals surface area contributed by atoms with Crippen LogP contribution in [0.4, 0.5) is 5.69 Å². The molecule has 0 spiro atoms. The van der Waals surface area contributed by atoms with E-state index < -0.39 is 4.92 Å². The fourth-order valence-electron chi connectivity index (χ4n) is 2.73. The minimum Gasteiger partial charge on any atom is -0.475 e. The lowest BCUT2D eigenvalue weighted by atomic mass is 10.0. The molecule has 0 saturated carbocycles. The monoisotopic (exact) mass is 413 g/mol. The van der Waals surface area contributed by atoms with Gasteiger partial charge in [0.1, 0.15) is 19.4 Å². The van der Waals surface area contributed by atoms with Crippen molar-refractivity contribution < 1.29 is 14.2 Å².